The van der Waals surface area contributed by atoms with Gasteiger partial charge in [-0.05, 0) is 50.2 Å². The van der Waals surface area contributed by atoms with Gasteiger partial charge in [0.2, 0.25) is 0 Å². The molecule has 0 aliphatic carbocycles. The van der Waals surface area contributed by atoms with E-state index in [2.05, 4.69) is 15.3 Å². The largest absolute Gasteiger partial charge is 0.494 e. The summed E-state index contributed by atoms with van der Waals surface area (Å²) < 4.78 is 10.6. The molecule has 2 heterocycles. The third-order valence-corrected chi connectivity index (χ3v) is 4.84. The highest BCUT2D eigenvalue weighted by Crippen LogP contribution is 2.23. The summed E-state index contributed by atoms with van der Waals surface area (Å²) in [5, 5.41) is 5.29. The Morgan fingerprint density at radius 2 is 2.00 bits per heavy atom. The van der Waals surface area contributed by atoms with Crippen molar-refractivity contribution in [1.82, 2.24) is 9.97 Å². The molecule has 29 heavy (non-hydrogen) atoms. The Bertz CT molecular complexity index is 958. The first kappa shape index (κ1) is 20.5. The lowest BCUT2D eigenvalue weighted by Crippen LogP contribution is -2.30. The number of anilines is 1. The summed E-state index contributed by atoms with van der Waals surface area (Å²) >= 11 is 1.43. The average Bonchev–Trinajstić information content (AvgIpc) is 3.18. The SMILES string of the molecule is CCOc1ccc(NC(=O)[C@@H](C)OC(=O)Cc2csc(-c3cccnc3)n2)cc1. The van der Waals surface area contributed by atoms with Crippen LogP contribution < -0.4 is 10.1 Å². The van der Waals surface area contributed by atoms with Gasteiger partial charge in [-0.3, -0.25) is 14.6 Å². The zero-order chi connectivity index (χ0) is 20.6. The molecular weight excluding hydrogens is 390 g/mol. The number of carbonyl (C=O) groups excluding carboxylic acids is 2. The number of aromatic nitrogens is 2. The maximum Gasteiger partial charge on any atom is 0.312 e. The lowest BCUT2D eigenvalue weighted by molar-refractivity contribution is -0.152. The number of hydrogen-bond donors (Lipinski definition) is 1. The molecule has 0 aliphatic heterocycles. The van der Waals surface area contributed by atoms with Crippen LogP contribution in [0.3, 0.4) is 0 Å². The minimum Gasteiger partial charge on any atom is -0.494 e. The summed E-state index contributed by atoms with van der Waals surface area (Å²) in [6.07, 6.45) is 2.48. The van der Waals surface area contributed by atoms with Crippen molar-refractivity contribution < 1.29 is 19.1 Å². The summed E-state index contributed by atoms with van der Waals surface area (Å²) in [6.45, 7) is 4.00. The Labute approximate surface area is 172 Å². The fourth-order valence-corrected chi connectivity index (χ4v) is 3.31. The van der Waals surface area contributed by atoms with Gasteiger partial charge in [0.15, 0.2) is 6.10 Å². The normalized spacial score (nSPS) is 11.5. The number of nitrogens with zero attached hydrogens (tertiary/aromatic N) is 2. The third-order valence-electron chi connectivity index (χ3n) is 3.90. The predicted octanol–water partition coefficient (Wildman–Crippen LogP) is 3.72. The van der Waals surface area contributed by atoms with Crippen LogP contribution in [0.5, 0.6) is 5.75 Å². The van der Waals surface area contributed by atoms with Crippen LogP contribution in [0.15, 0.2) is 54.2 Å². The van der Waals surface area contributed by atoms with E-state index in [4.69, 9.17) is 9.47 Å². The summed E-state index contributed by atoms with van der Waals surface area (Å²) in [5.41, 5.74) is 2.08. The smallest absolute Gasteiger partial charge is 0.312 e. The highest BCUT2D eigenvalue weighted by molar-refractivity contribution is 7.13. The quantitative estimate of drug-likeness (QED) is 0.568. The molecule has 3 rings (SSSR count). The molecule has 0 bridgehead atoms. The zero-order valence-electron chi connectivity index (χ0n) is 16.1. The van der Waals surface area contributed by atoms with Crippen LogP contribution in [0.1, 0.15) is 19.5 Å². The van der Waals surface area contributed by atoms with Crippen LogP contribution in [0.2, 0.25) is 0 Å². The van der Waals surface area contributed by atoms with Crippen molar-refractivity contribution in [3.63, 3.8) is 0 Å². The molecule has 8 heteroatoms. The molecule has 150 valence electrons. The fourth-order valence-electron chi connectivity index (χ4n) is 2.50. The van der Waals surface area contributed by atoms with E-state index >= 15 is 0 Å². The molecule has 0 saturated heterocycles. The van der Waals surface area contributed by atoms with Gasteiger partial charge in [0.25, 0.3) is 5.91 Å². The molecule has 0 spiro atoms. The minimum atomic E-state index is -0.925. The molecule has 1 atom stereocenters. The molecule has 0 fully saturated rings. The van der Waals surface area contributed by atoms with Crippen LogP contribution >= 0.6 is 11.3 Å². The Balaban J connectivity index is 1.51. The molecule has 0 saturated carbocycles. The Morgan fingerprint density at radius 1 is 1.21 bits per heavy atom. The van der Waals surface area contributed by atoms with E-state index in [1.54, 1.807) is 42.0 Å². The second-order valence-corrected chi connectivity index (χ2v) is 7.00. The monoisotopic (exact) mass is 411 g/mol. The van der Waals surface area contributed by atoms with Gasteiger partial charge < -0.3 is 14.8 Å². The van der Waals surface area contributed by atoms with E-state index in [0.717, 1.165) is 16.3 Å². The number of esters is 1. The Morgan fingerprint density at radius 3 is 2.69 bits per heavy atom. The topological polar surface area (TPSA) is 90.4 Å². The van der Waals surface area contributed by atoms with E-state index in [-0.39, 0.29) is 6.42 Å². The highest BCUT2D eigenvalue weighted by atomic mass is 32.1. The van der Waals surface area contributed by atoms with Crippen molar-refractivity contribution in [2.75, 3.05) is 11.9 Å². The van der Waals surface area contributed by atoms with Gasteiger partial charge >= 0.3 is 5.97 Å². The van der Waals surface area contributed by atoms with Crippen LogP contribution in [0.25, 0.3) is 10.6 Å². The number of carbonyl (C=O) groups is 2. The lowest BCUT2D eigenvalue weighted by Gasteiger charge is -2.13. The van der Waals surface area contributed by atoms with Gasteiger partial charge in [-0.25, -0.2) is 4.98 Å². The molecule has 0 aliphatic rings. The maximum absolute atomic E-state index is 12.3. The number of thiazole rings is 1. The maximum atomic E-state index is 12.3. The Kier molecular flexibility index (Phi) is 6.91. The first-order valence-electron chi connectivity index (χ1n) is 9.13. The summed E-state index contributed by atoms with van der Waals surface area (Å²) in [7, 11) is 0. The first-order chi connectivity index (χ1) is 14.0. The van der Waals surface area contributed by atoms with Crippen molar-refractivity contribution in [3.05, 3.63) is 59.9 Å². The van der Waals surface area contributed by atoms with Gasteiger partial charge in [0, 0.05) is 29.0 Å². The van der Waals surface area contributed by atoms with Gasteiger partial charge in [0.05, 0.1) is 18.7 Å². The van der Waals surface area contributed by atoms with Crippen LogP contribution in [0, 0.1) is 0 Å². The van der Waals surface area contributed by atoms with Crippen molar-refractivity contribution >= 4 is 28.9 Å². The fraction of sp³-hybridized carbons (Fsp3) is 0.238. The van der Waals surface area contributed by atoms with E-state index in [1.807, 2.05) is 19.1 Å². The van der Waals surface area contributed by atoms with Gasteiger partial charge in [-0.15, -0.1) is 11.3 Å². The number of benzene rings is 1. The van der Waals surface area contributed by atoms with Crippen molar-refractivity contribution in [1.29, 1.82) is 0 Å². The second-order valence-electron chi connectivity index (χ2n) is 6.14. The third kappa shape index (κ3) is 5.86. The number of pyridine rings is 1. The van der Waals surface area contributed by atoms with Crippen molar-refractivity contribution in [3.8, 4) is 16.3 Å². The molecule has 0 unspecified atom stereocenters. The molecule has 1 N–H and O–H groups in total. The van der Waals surface area contributed by atoms with Gasteiger partial charge in [-0.1, -0.05) is 0 Å². The minimum absolute atomic E-state index is 0.00254. The van der Waals surface area contributed by atoms with Crippen LogP contribution in [-0.4, -0.2) is 34.6 Å². The first-order valence-corrected chi connectivity index (χ1v) is 10.0. The van der Waals surface area contributed by atoms with Crippen molar-refractivity contribution in [2.45, 2.75) is 26.4 Å². The van der Waals surface area contributed by atoms with Crippen LogP contribution in [0.4, 0.5) is 5.69 Å². The molecule has 3 aromatic rings. The molecular formula is C21H21N3O4S. The number of rotatable bonds is 8. The molecule has 1 amide bonds. The number of nitrogens with one attached hydrogen (secondary N) is 1. The number of hydrogen-bond acceptors (Lipinski definition) is 7. The Hall–Kier alpha value is -3.26. The van der Waals surface area contributed by atoms with Gasteiger partial charge in [0.1, 0.15) is 10.8 Å². The second kappa shape index (κ2) is 9.79. The van der Waals surface area contributed by atoms with Crippen LogP contribution in [-0.2, 0) is 20.7 Å². The standard InChI is InChI=1S/C21H21N3O4S/c1-3-27-18-8-6-16(7-9-18)23-20(26)14(2)28-19(25)11-17-13-29-21(24-17)15-5-4-10-22-12-15/h4-10,12-14H,3,11H2,1-2H3,(H,23,26)/t14-/m1/s1. The lowest BCUT2D eigenvalue weighted by atomic mass is 10.2. The summed E-state index contributed by atoms with van der Waals surface area (Å²) in [5.74, 6) is -0.196. The van der Waals surface area contributed by atoms with E-state index in [0.29, 0.717) is 18.0 Å². The highest BCUT2D eigenvalue weighted by Gasteiger charge is 2.19. The summed E-state index contributed by atoms with van der Waals surface area (Å²) in [4.78, 5) is 32.9. The predicted molar refractivity (Wildman–Crippen MR) is 111 cm³/mol. The molecule has 1 aromatic carbocycles. The van der Waals surface area contributed by atoms with E-state index in [1.165, 1.54) is 18.3 Å². The number of ether oxygens (including phenoxy) is 2. The number of amides is 1. The zero-order valence-corrected chi connectivity index (χ0v) is 16.9. The van der Waals surface area contributed by atoms with Crippen molar-refractivity contribution in [2.24, 2.45) is 0 Å². The van der Waals surface area contributed by atoms with E-state index < -0.39 is 18.0 Å². The molecule has 0 radical (unpaired) electrons. The average molecular weight is 411 g/mol. The molecule has 7 nitrogen and oxygen atoms in total. The van der Waals surface area contributed by atoms with Gasteiger partial charge in [-0.2, -0.15) is 0 Å². The van der Waals surface area contributed by atoms with E-state index in [9.17, 15) is 9.59 Å². The summed E-state index contributed by atoms with van der Waals surface area (Å²) in [6, 6.07) is 10.7. The molecule has 2 aromatic heterocycles.